The molecule has 2 fully saturated rings. The number of nitrogens with zero attached hydrogens (tertiary/aromatic N) is 3. The molecule has 0 amide bonds. The third kappa shape index (κ3) is 2.59. The van der Waals surface area contributed by atoms with Gasteiger partial charge in [0.05, 0.1) is 12.7 Å². The van der Waals surface area contributed by atoms with Crippen molar-refractivity contribution in [3.63, 3.8) is 0 Å². The summed E-state index contributed by atoms with van der Waals surface area (Å²) in [6, 6.07) is 0. The molecule has 0 radical (unpaired) electrons. The highest BCUT2D eigenvalue weighted by Crippen LogP contribution is 2.40. The Balaban J connectivity index is 1.92. The first kappa shape index (κ1) is 13.6. The van der Waals surface area contributed by atoms with Crippen molar-refractivity contribution in [2.24, 2.45) is 0 Å². The lowest BCUT2D eigenvalue weighted by atomic mass is 10.2. The van der Waals surface area contributed by atoms with Crippen LogP contribution in [0.25, 0.3) is 0 Å². The lowest BCUT2D eigenvalue weighted by molar-refractivity contribution is 0.0381. The van der Waals surface area contributed by atoms with Crippen LogP contribution in [0.1, 0.15) is 43.5 Å². The Bertz CT molecular complexity index is 487. The lowest BCUT2D eigenvalue weighted by Crippen LogP contribution is -2.43. The first-order valence-corrected chi connectivity index (χ1v) is 7.65. The minimum Gasteiger partial charge on any atom is -0.375 e. The summed E-state index contributed by atoms with van der Waals surface area (Å²) in [7, 11) is 1.93. The van der Waals surface area contributed by atoms with Gasteiger partial charge in [0.1, 0.15) is 17.5 Å². The molecule has 1 aromatic heterocycles. The Labute approximate surface area is 120 Å². The van der Waals surface area contributed by atoms with E-state index in [0.717, 1.165) is 49.1 Å². The number of morpholine rings is 1. The molecule has 110 valence electrons. The van der Waals surface area contributed by atoms with Crippen LogP contribution < -0.4 is 10.2 Å². The van der Waals surface area contributed by atoms with Gasteiger partial charge in [0.15, 0.2) is 0 Å². The zero-order valence-electron chi connectivity index (χ0n) is 12.6. The quantitative estimate of drug-likeness (QED) is 0.914. The molecular formula is C15H24N4O. The molecule has 0 spiro atoms. The van der Waals surface area contributed by atoms with Crippen molar-refractivity contribution in [1.82, 2.24) is 9.97 Å². The van der Waals surface area contributed by atoms with Gasteiger partial charge in [-0.1, -0.05) is 6.92 Å². The maximum atomic E-state index is 5.76. The molecule has 1 saturated heterocycles. The van der Waals surface area contributed by atoms with Crippen LogP contribution in [0.3, 0.4) is 0 Å². The van der Waals surface area contributed by atoms with Crippen LogP contribution in [-0.4, -0.2) is 42.8 Å². The van der Waals surface area contributed by atoms with Gasteiger partial charge in [-0.2, -0.15) is 0 Å². The third-order valence-corrected chi connectivity index (χ3v) is 4.21. The zero-order chi connectivity index (χ0) is 14.1. The smallest absolute Gasteiger partial charge is 0.137 e. The maximum Gasteiger partial charge on any atom is 0.137 e. The Kier molecular flexibility index (Phi) is 3.78. The van der Waals surface area contributed by atoms with Gasteiger partial charge < -0.3 is 15.0 Å². The number of rotatable bonds is 4. The van der Waals surface area contributed by atoms with E-state index in [-0.39, 0.29) is 0 Å². The molecule has 5 nitrogen and oxygen atoms in total. The highest BCUT2D eigenvalue weighted by atomic mass is 16.5. The average Bonchev–Trinajstić information content (AvgIpc) is 3.32. The molecule has 0 aromatic carbocycles. The largest absolute Gasteiger partial charge is 0.375 e. The van der Waals surface area contributed by atoms with Gasteiger partial charge in [0, 0.05) is 31.6 Å². The number of hydrogen-bond acceptors (Lipinski definition) is 5. The van der Waals surface area contributed by atoms with Crippen LogP contribution >= 0.6 is 0 Å². The van der Waals surface area contributed by atoms with Crippen LogP contribution in [0.2, 0.25) is 0 Å². The highest BCUT2D eigenvalue weighted by molar-refractivity contribution is 5.59. The first-order valence-electron chi connectivity index (χ1n) is 7.65. The lowest BCUT2D eigenvalue weighted by Gasteiger charge is -2.34. The second-order valence-electron chi connectivity index (χ2n) is 5.75. The minimum absolute atomic E-state index is 0.320. The summed E-state index contributed by atoms with van der Waals surface area (Å²) in [6.07, 6.45) is 3.83. The van der Waals surface area contributed by atoms with Crippen LogP contribution in [0.5, 0.6) is 0 Å². The van der Waals surface area contributed by atoms with Gasteiger partial charge in [-0.25, -0.2) is 9.97 Å². The minimum atomic E-state index is 0.320. The molecule has 20 heavy (non-hydrogen) atoms. The molecule has 2 aliphatic rings. The van der Waals surface area contributed by atoms with Crippen molar-refractivity contribution in [1.29, 1.82) is 0 Å². The molecule has 5 heteroatoms. The normalized spacial score (nSPS) is 22.9. The Morgan fingerprint density at radius 2 is 2.15 bits per heavy atom. The number of anilines is 2. The van der Waals surface area contributed by atoms with Gasteiger partial charge in [0.25, 0.3) is 0 Å². The Morgan fingerprint density at radius 1 is 1.35 bits per heavy atom. The molecule has 1 N–H and O–H groups in total. The fourth-order valence-corrected chi connectivity index (χ4v) is 2.76. The summed E-state index contributed by atoms with van der Waals surface area (Å²) in [5, 5.41) is 3.21. The summed E-state index contributed by atoms with van der Waals surface area (Å²) in [5.41, 5.74) is 1.15. The molecule has 1 aliphatic heterocycles. The average molecular weight is 276 g/mol. The number of ether oxygens (including phenoxy) is 1. The topological polar surface area (TPSA) is 50.3 Å². The van der Waals surface area contributed by atoms with E-state index in [4.69, 9.17) is 9.72 Å². The van der Waals surface area contributed by atoms with Gasteiger partial charge in [-0.3, -0.25) is 0 Å². The molecule has 1 aliphatic carbocycles. The molecule has 2 heterocycles. The summed E-state index contributed by atoms with van der Waals surface area (Å²) in [6.45, 7) is 6.92. The standard InChI is InChI=1S/C15H24N4O/c1-4-12-9-19(7-8-20-12)15-10(2)13(16-3)17-14(18-15)11-5-6-11/h11-12H,4-9H2,1-3H3,(H,16,17,18). The van der Waals surface area contributed by atoms with Gasteiger partial charge in [0.2, 0.25) is 0 Å². The second kappa shape index (κ2) is 5.56. The fraction of sp³-hybridized carbons (Fsp3) is 0.733. The Hall–Kier alpha value is -1.36. The predicted octanol–water partition coefficient (Wildman–Crippen LogP) is 2.32. The van der Waals surface area contributed by atoms with Crippen molar-refractivity contribution >= 4 is 11.6 Å². The van der Waals surface area contributed by atoms with E-state index in [2.05, 4.69) is 29.0 Å². The highest BCUT2D eigenvalue weighted by Gasteiger charge is 2.30. The number of aromatic nitrogens is 2. The molecular weight excluding hydrogens is 252 g/mol. The van der Waals surface area contributed by atoms with Crippen molar-refractivity contribution in [3.05, 3.63) is 11.4 Å². The molecule has 1 saturated carbocycles. The van der Waals surface area contributed by atoms with Crippen molar-refractivity contribution in [2.75, 3.05) is 37.0 Å². The number of nitrogens with one attached hydrogen (secondary N) is 1. The molecule has 1 unspecified atom stereocenters. The van der Waals surface area contributed by atoms with E-state index >= 15 is 0 Å². The van der Waals surface area contributed by atoms with Crippen molar-refractivity contribution in [2.45, 2.75) is 45.1 Å². The van der Waals surface area contributed by atoms with E-state index in [1.54, 1.807) is 0 Å². The van der Waals surface area contributed by atoms with E-state index in [9.17, 15) is 0 Å². The van der Waals surface area contributed by atoms with Gasteiger partial charge >= 0.3 is 0 Å². The SMILES string of the molecule is CCC1CN(c2nc(C3CC3)nc(NC)c2C)CCO1. The van der Waals surface area contributed by atoms with E-state index < -0.39 is 0 Å². The maximum absolute atomic E-state index is 5.76. The monoisotopic (exact) mass is 276 g/mol. The van der Waals surface area contributed by atoms with E-state index in [0.29, 0.717) is 12.0 Å². The van der Waals surface area contributed by atoms with Crippen LogP contribution in [-0.2, 0) is 4.74 Å². The number of hydrogen-bond donors (Lipinski definition) is 1. The van der Waals surface area contributed by atoms with Crippen molar-refractivity contribution in [3.8, 4) is 0 Å². The molecule has 1 aromatic rings. The molecule has 3 rings (SSSR count). The zero-order valence-corrected chi connectivity index (χ0v) is 12.6. The molecule has 1 atom stereocenters. The summed E-state index contributed by atoms with van der Waals surface area (Å²) >= 11 is 0. The fourth-order valence-electron chi connectivity index (χ4n) is 2.76. The second-order valence-corrected chi connectivity index (χ2v) is 5.75. The van der Waals surface area contributed by atoms with Crippen molar-refractivity contribution < 1.29 is 4.74 Å². The Morgan fingerprint density at radius 3 is 2.80 bits per heavy atom. The van der Waals surface area contributed by atoms with Crippen LogP contribution in [0.4, 0.5) is 11.6 Å². The summed E-state index contributed by atoms with van der Waals surface area (Å²) < 4.78 is 5.76. The van der Waals surface area contributed by atoms with E-state index in [1.807, 2.05) is 7.05 Å². The third-order valence-electron chi connectivity index (χ3n) is 4.21. The van der Waals surface area contributed by atoms with Crippen LogP contribution in [0, 0.1) is 6.92 Å². The predicted molar refractivity (Wildman–Crippen MR) is 80.5 cm³/mol. The van der Waals surface area contributed by atoms with E-state index in [1.165, 1.54) is 12.8 Å². The van der Waals surface area contributed by atoms with Gasteiger partial charge in [-0.15, -0.1) is 0 Å². The molecule has 0 bridgehead atoms. The summed E-state index contributed by atoms with van der Waals surface area (Å²) in [5.74, 6) is 3.64. The van der Waals surface area contributed by atoms with Crippen LogP contribution in [0.15, 0.2) is 0 Å². The first-order chi connectivity index (χ1) is 9.72. The van der Waals surface area contributed by atoms with Gasteiger partial charge in [-0.05, 0) is 26.2 Å². The summed E-state index contributed by atoms with van der Waals surface area (Å²) in [4.78, 5) is 11.9.